The summed E-state index contributed by atoms with van der Waals surface area (Å²) in [7, 11) is 1.77. The second-order valence-electron chi connectivity index (χ2n) is 4.43. The predicted molar refractivity (Wildman–Crippen MR) is 78.8 cm³/mol. The minimum atomic E-state index is 0.550. The van der Waals surface area contributed by atoms with Gasteiger partial charge in [0.2, 0.25) is 0 Å². The standard InChI is InChI=1S/C14H19N3S/c1-10(2)7-11-5-6-12(8-13(11)9-15)14(18-4)17-16-3/h5-6,8,10,16H,7H2,1-4H3/b17-14-. The summed E-state index contributed by atoms with van der Waals surface area (Å²) in [5.41, 5.74) is 5.63. The molecule has 1 rings (SSSR count). The summed E-state index contributed by atoms with van der Waals surface area (Å²) in [6.45, 7) is 4.32. The molecule has 0 amide bonds. The van der Waals surface area contributed by atoms with Gasteiger partial charge in [0, 0.05) is 12.6 Å². The molecule has 0 unspecified atom stereocenters. The van der Waals surface area contributed by atoms with Crippen LogP contribution in [0.1, 0.15) is 30.5 Å². The zero-order chi connectivity index (χ0) is 13.5. The van der Waals surface area contributed by atoms with Gasteiger partial charge in [-0.2, -0.15) is 10.4 Å². The van der Waals surface area contributed by atoms with Crippen molar-refractivity contribution in [2.75, 3.05) is 13.3 Å². The van der Waals surface area contributed by atoms with Crippen LogP contribution >= 0.6 is 11.8 Å². The van der Waals surface area contributed by atoms with Crippen molar-refractivity contribution in [1.82, 2.24) is 5.43 Å². The van der Waals surface area contributed by atoms with Gasteiger partial charge in [0.25, 0.3) is 0 Å². The quantitative estimate of drug-likeness (QED) is 0.515. The minimum Gasteiger partial charge on any atom is -0.312 e. The van der Waals surface area contributed by atoms with Gasteiger partial charge in [-0.05, 0) is 30.2 Å². The van der Waals surface area contributed by atoms with E-state index in [2.05, 4.69) is 30.4 Å². The first-order valence-electron chi connectivity index (χ1n) is 5.94. The monoisotopic (exact) mass is 261 g/mol. The van der Waals surface area contributed by atoms with Crippen molar-refractivity contribution in [1.29, 1.82) is 5.26 Å². The molecule has 0 aliphatic rings. The number of hydrazone groups is 1. The van der Waals surface area contributed by atoms with Crippen molar-refractivity contribution in [3.05, 3.63) is 34.9 Å². The van der Waals surface area contributed by atoms with Crippen LogP contribution < -0.4 is 5.43 Å². The second-order valence-corrected chi connectivity index (χ2v) is 5.22. The van der Waals surface area contributed by atoms with E-state index < -0.39 is 0 Å². The molecule has 0 heterocycles. The van der Waals surface area contributed by atoms with E-state index in [0.717, 1.165) is 28.2 Å². The highest BCUT2D eigenvalue weighted by Gasteiger charge is 2.09. The Kier molecular flexibility index (Phi) is 5.73. The number of rotatable bonds is 4. The molecule has 3 nitrogen and oxygen atoms in total. The lowest BCUT2D eigenvalue weighted by atomic mass is 9.97. The zero-order valence-electron chi connectivity index (χ0n) is 11.3. The van der Waals surface area contributed by atoms with Gasteiger partial charge in [0.15, 0.2) is 0 Å². The number of nitrogens with one attached hydrogen (secondary N) is 1. The first-order valence-corrected chi connectivity index (χ1v) is 7.16. The Labute approximate surface area is 113 Å². The SMILES string of the molecule is CN/N=C(\SC)c1ccc(CC(C)C)c(C#N)c1. The van der Waals surface area contributed by atoms with Crippen molar-refractivity contribution < 1.29 is 0 Å². The largest absolute Gasteiger partial charge is 0.312 e. The number of benzene rings is 1. The molecule has 18 heavy (non-hydrogen) atoms. The molecule has 0 fully saturated rings. The zero-order valence-corrected chi connectivity index (χ0v) is 12.1. The van der Waals surface area contributed by atoms with Crippen molar-refractivity contribution >= 4 is 16.8 Å². The molecule has 1 N–H and O–H groups in total. The number of hydrogen-bond acceptors (Lipinski definition) is 4. The Bertz CT molecular complexity index is 472. The number of hydrogen-bond donors (Lipinski definition) is 1. The number of nitrogens with zero attached hydrogens (tertiary/aromatic N) is 2. The molecule has 0 aliphatic heterocycles. The number of nitriles is 1. The third-order valence-electron chi connectivity index (χ3n) is 2.51. The van der Waals surface area contributed by atoms with Crippen LogP contribution in [0.3, 0.4) is 0 Å². The lowest BCUT2D eigenvalue weighted by molar-refractivity contribution is 0.646. The fraction of sp³-hybridized carbons (Fsp3) is 0.429. The van der Waals surface area contributed by atoms with Gasteiger partial charge in [-0.1, -0.05) is 26.0 Å². The van der Waals surface area contributed by atoms with E-state index in [9.17, 15) is 5.26 Å². The molecule has 0 atom stereocenters. The molecule has 1 aromatic rings. The van der Waals surface area contributed by atoms with E-state index in [0.29, 0.717) is 5.92 Å². The highest BCUT2D eigenvalue weighted by molar-refractivity contribution is 8.13. The van der Waals surface area contributed by atoms with Crippen LogP contribution in [0.2, 0.25) is 0 Å². The van der Waals surface area contributed by atoms with Crippen molar-refractivity contribution in [2.24, 2.45) is 11.0 Å². The highest BCUT2D eigenvalue weighted by Crippen LogP contribution is 2.18. The Morgan fingerprint density at radius 2 is 2.22 bits per heavy atom. The normalized spacial score (nSPS) is 11.4. The summed E-state index contributed by atoms with van der Waals surface area (Å²) in [4.78, 5) is 0. The molecule has 0 saturated carbocycles. The number of thioether (sulfide) groups is 1. The van der Waals surface area contributed by atoms with Gasteiger partial charge in [0.05, 0.1) is 11.6 Å². The van der Waals surface area contributed by atoms with Gasteiger partial charge in [-0.25, -0.2) is 0 Å². The van der Waals surface area contributed by atoms with Crippen LogP contribution in [0.25, 0.3) is 0 Å². The third kappa shape index (κ3) is 3.78. The first-order chi connectivity index (χ1) is 8.62. The van der Waals surface area contributed by atoms with Crippen LogP contribution in [0.15, 0.2) is 23.3 Å². The van der Waals surface area contributed by atoms with Crippen LogP contribution in [-0.2, 0) is 6.42 Å². The lowest BCUT2D eigenvalue weighted by Gasteiger charge is -2.09. The first kappa shape index (κ1) is 14.6. The molecule has 4 heteroatoms. The predicted octanol–water partition coefficient (Wildman–Crippen LogP) is 3.00. The maximum absolute atomic E-state index is 9.23. The maximum atomic E-state index is 9.23. The van der Waals surface area contributed by atoms with E-state index in [4.69, 9.17) is 0 Å². The van der Waals surface area contributed by atoms with E-state index >= 15 is 0 Å². The Balaban J connectivity index is 3.13. The van der Waals surface area contributed by atoms with E-state index in [-0.39, 0.29) is 0 Å². The maximum Gasteiger partial charge on any atom is 0.123 e. The molecule has 0 aliphatic carbocycles. The fourth-order valence-electron chi connectivity index (χ4n) is 1.76. The van der Waals surface area contributed by atoms with Crippen LogP contribution in [-0.4, -0.2) is 18.3 Å². The summed E-state index contributed by atoms with van der Waals surface area (Å²) in [5.74, 6) is 0.550. The Morgan fingerprint density at radius 1 is 1.50 bits per heavy atom. The Hall–Kier alpha value is -1.47. The van der Waals surface area contributed by atoms with Gasteiger partial charge < -0.3 is 5.43 Å². The van der Waals surface area contributed by atoms with E-state index in [1.807, 2.05) is 24.5 Å². The van der Waals surface area contributed by atoms with Crippen molar-refractivity contribution in [3.8, 4) is 6.07 Å². The molecule has 0 aromatic heterocycles. The van der Waals surface area contributed by atoms with E-state index in [1.165, 1.54) is 0 Å². The van der Waals surface area contributed by atoms with Crippen LogP contribution in [0, 0.1) is 17.2 Å². The molecular weight excluding hydrogens is 242 g/mol. The minimum absolute atomic E-state index is 0.550. The lowest BCUT2D eigenvalue weighted by Crippen LogP contribution is -2.05. The second kappa shape index (κ2) is 7.07. The van der Waals surface area contributed by atoms with Gasteiger partial charge in [0.1, 0.15) is 5.04 Å². The topological polar surface area (TPSA) is 48.2 Å². The summed E-state index contributed by atoms with van der Waals surface area (Å²) >= 11 is 1.56. The van der Waals surface area contributed by atoms with Crippen LogP contribution in [0.5, 0.6) is 0 Å². The molecule has 0 radical (unpaired) electrons. The average Bonchev–Trinajstić information content (AvgIpc) is 2.36. The molecule has 96 valence electrons. The molecule has 1 aromatic carbocycles. The highest BCUT2D eigenvalue weighted by atomic mass is 32.2. The Morgan fingerprint density at radius 3 is 2.72 bits per heavy atom. The third-order valence-corrected chi connectivity index (χ3v) is 3.23. The van der Waals surface area contributed by atoms with Gasteiger partial charge in [-0.3, -0.25) is 0 Å². The van der Waals surface area contributed by atoms with Gasteiger partial charge >= 0.3 is 0 Å². The molecule has 0 spiro atoms. The summed E-state index contributed by atoms with van der Waals surface area (Å²) in [6, 6.07) is 8.27. The summed E-state index contributed by atoms with van der Waals surface area (Å²) in [6.07, 6.45) is 2.91. The van der Waals surface area contributed by atoms with Crippen molar-refractivity contribution in [3.63, 3.8) is 0 Å². The smallest absolute Gasteiger partial charge is 0.123 e. The summed E-state index contributed by atoms with van der Waals surface area (Å²) < 4.78 is 0. The molecule has 0 bridgehead atoms. The average molecular weight is 261 g/mol. The fourth-order valence-corrected chi connectivity index (χ4v) is 2.31. The van der Waals surface area contributed by atoms with Crippen LogP contribution in [0.4, 0.5) is 0 Å². The molecule has 0 saturated heterocycles. The summed E-state index contributed by atoms with van der Waals surface area (Å²) in [5, 5.41) is 14.3. The molecular formula is C14H19N3S. The van der Waals surface area contributed by atoms with Gasteiger partial charge in [-0.15, -0.1) is 11.8 Å². The van der Waals surface area contributed by atoms with E-state index in [1.54, 1.807) is 18.8 Å². The van der Waals surface area contributed by atoms with Crippen molar-refractivity contribution in [2.45, 2.75) is 20.3 Å².